The molecular formula is C26H48N6O2. The first kappa shape index (κ1) is 28.1. The predicted octanol–water partition coefficient (Wildman–Crippen LogP) is 3.04. The van der Waals surface area contributed by atoms with Gasteiger partial charge in [-0.1, -0.05) is 41.5 Å². The molecule has 194 valence electrons. The predicted molar refractivity (Wildman–Crippen MR) is 140 cm³/mol. The topological polar surface area (TPSA) is 117 Å². The molecule has 0 aromatic carbocycles. The van der Waals surface area contributed by atoms with Gasteiger partial charge in [-0.3, -0.25) is 19.6 Å². The van der Waals surface area contributed by atoms with Crippen LogP contribution in [0, 0.1) is 23.7 Å². The maximum atomic E-state index is 12.8. The Labute approximate surface area is 206 Å². The number of rotatable bonds is 9. The van der Waals surface area contributed by atoms with Crippen LogP contribution in [0.15, 0.2) is 9.98 Å². The molecule has 4 N–H and O–H groups in total. The van der Waals surface area contributed by atoms with Crippen molar-refractivity contribution in [3.05, 3.63) is 0 Å². The van der Waals surface area contributed by atoms with Crippen molar-refractivity contribution >= 4 is 23.5 Å². The number of amides is 2. The average Bonchev–Trinajstić information content (AvgIpc) is 3.29. The second-order valence-electron chi connectivity index (χ2n) is 11.6. The number of hydrogen-bond acceptors (Lipinski definition) is 4. The van der Waals surface area contributed by atoms with E-state index in [0.717, 1.165) is 25.9 Å². The van der Waals surface area contributed by atoms with Gasteiger partial charge in [0, 0.05) is 25.9 Å². The number of amidine groups is 2. The Morgan fingerprint density at radius 2 is 1.06 bits per heavy atom. The number of carbonyl (C=O) groups excluding carboxylic acids is 2. The van der Waals surface area contributed by atoms with Crippen LogP contribution in [0.25, 0.3) is 0 Å². The fourth-order valence-electron chi connectivity index (χ4n) is 5.00. The van der Waals surface area contributed by atoms with Crippen LogP contribution in [0.4, 0.5) is 0 Å². The summed E-state index contributed by atoms with van der Waals surface area (Å²) in [6.07, 6.45) is 2.71. The van der Waals surface area contributed by atoms with E-state index in [1.165, 1.54) is 0 Å². The third kappa shape index (κ3) is 7.44. The maximum Gasteiger partial charge on any atom is 0.223 e. The minimum Gasteiger partial charge on any atom is -0.386 e. The second-order valence-corrected chi connectivity index (χ2v) is 11.6. The highest BCUT2D eigenvalue weighted by molar-refractivity contribution is 5.92. The molecule has 0 aliphatic carbocycles. The lowest BCUT2D eigenvalue weighted by Crippen LogP contribution is -2.45. The van der Waals surface area contributed by atoms with E-state index in [2.05, 4.69) is 41.5 Å². The van der Waals surface area contributed by atoms with E-state index in [1.807, 2.05) is 23.6 Å². The molecule has 0 spiro atoms. The van der Waals surface area contributed by atoms with Crippen molar-refractivity contribution in [2.24, 2.45) is 45.1 Å². The van der Waals surface area contributed by atoms with Gasteiger partial charge in [0.05, 0.1) is 24.2 Å². The van der Waals surface area contributed by atoms with Crippen LogP contribution >= 0.6 is 0 Å². The minimum atomic E-state index is -0.185. The largest absolute Gasteiger partial charge is 0.386 e. The van der Waals surface area contributed by atoms with Gasteiger partial charge in [0.15, 0.2) is 0 Å². The molecule has 1 unspecified atom stereocenters. The number of aliphatic imine (C=N–C) groups is 2. The lowest BCUT2D eigenvalue weighted by atomic mass is 10.1. The first-order valence-corrected chi connectivity index (χ1v) is 13.0. The third-order valence-corrected chi connectivity index (χ3v) is 6.91. The van der Waals surface area contributed by atoms with Gasteiger partial charge in [0.2, 0.25) is 11.8 Å². The summed E-state index contributed by atoms with van der Waals surface area (Å²) in [5.74, 6) is 2.70. The van der Waals surface area contributed by atoms with Crippen molar-refractivity contribution in [3.8, 4) is 0 Å². The lowest BCUT2D eigenvalue weighted by molar-refractivity contribution is -0.132. The summed E-state index contributed by atoms with van der Waals surface area (Å²) < 4.78 is 0. The third-order valence-electron chi connectivity index (χ3n) is 6.91. The zero-order chi connectivity index (χ0) is 25.7. The first-order chi connectivity index (χ1) is 15.8. The molecule has 8 nitrogen and oxygen atoms in total. The smallest absolute Gasteiger partial charge is 0.223 e. The molecule has 2 fully saturated rings. The second kappa shape index (κ2) is 12.0. The van der Waals surface area contributed by atoms with Crippen LogP contribution in [0.2, 0.25) is 0 Å². The molecule has 2 aliphatic rings. The number of nitrogens with two attached hydrogens (primary N) is 2. The normalized spacial score (nSPS) is 28.2. The van der Waals surface area contributed by atoms with E-state index in [0.29, 0.717) is 48.2 Å². The van der Waals surface area contributed by atoms with Crippen LogP contribution < -0.4 is 11.5 Å². The van der Waals surface area contributed by atoms with Gasteiger partial charge in [-0.05, 0) is 50.4 Å². The number of carbonyl (C=O) groups is 2. The summed E-state index contributed by atoms with van der Waals surface area (Å²) in [6, 6.07) is -0.681. The minimum absolute atomic E-state index is 0.145. The molecule has 6 atom stereocenters. The van der Waals surface area contributed by atoms with Crippen molar-refractivity contribution in [1.82, 2.24) is 9.80 Å². The molecule has 0 saturated carbocycles. The SMILES string of the molecule is CC(C)CC(=O)N1C[C@@H](C)C[C@H]1C(N)=NC(C)[C@H](C)N=C(N)[C@@H]1C[C@H](C)CN1C(=O)CC(C)C. The molecule has 2 heterocycles. The van der Waals surface area contributed by atoms with E-state index in [-0.39, 0.29) is 36.0 Å². The Kier molecular flexibility index (Phi) is 9.95. The Hall–Kier alpha value is -2.12. The maximum absolute atomic E-state index is 12.8. The monoisotopic (exact) mass is 476 g/mol. The Bertz CT molecular complexity index is 713. The van der Waals surface area contributed by atoms with Crippen LogP contribution in [0.3, 0.4) is 0 Å². The molecule has 0 aromatic rings. The lowest BCUT2D eigenvalue weighted by Gasteiger charge is -2.27. The van der Waals surface area contributed by atoms with Gasteiger partial charge in [0.25, 0.3) is 0 Å². The Morgan fingerprint density at radius 3 is 1.35 bits per heavy atom. The molecule has 0 aromatic heterocycles. The highest BCUT2D eigenvalue weighted by Crippen LogP contribution is 2.26. The number of likely N-dealkylation sites (tertiary alicyclic amines) is 2. The van der Waals surface area contributed by atoms with Crippen LogP contribution in [-0.4, -0.2) is 70.5 Å². The fourth-order valence-corrected chi connectivity index (χ4v) is 5.00. The average molecular weight is 477 g/mol. The van der Waals surface area contributed by atoms with Crippen LogP contribution in [0.5, 0.6) is 0 Å². The van der Waals surface area contributed by atoms with Crippen molar-refractivity contribution < 1.29 is 9.59 Å². The van der Waals surface area contributed by atoms with E-state index >= 15 is 0 Å². The summed E-state index contributed by atoms with van der Waals surface area (Å²) in [7, 11) is 0. The van der Waals surface area contributed by atoms with Gasteiger partial charge in [-0.15, -0.1) is 0 Å². The van der Waals surface area contributed by atoms with E-state index < -0.39 is 0 Å². The molecule has 8 heteroatoms. The molecule has 2 saturated heterocycles. The van der Waals surface area contributed by atoms with Gasteiger partial charge < -0.3 is 21.3 Å². The first-order valence-electron chi connectivity index (χ1n) is 13.0. The fraction of sp³-hybridized carbons (Fsp3) is 0.846. The highest BCUT2D eigenvalue weighted by Gasteiger charge is 2.37. The summed E-state index contributed by atoms with van der Waals surface area (Å²) in [6.45, 7) is 17.9. The van der Waals surface area contributed by atoms with Gasteiger partial charge in [0.1, 0.15) is 11.7 Å². The van der Waals surface area contributed by atoms with Crippen LogP contribution in [-0.2, 0) is 9.59 Å². The summed E-state index contributed by atoms with van der Waals surface area (Å²) in [5.41, 5.74) is 12.9. The quantitative estimate of drug-likeness (QED) is 0.393. The Balaban J connectivity index is 2.11. The highest BCUT2D eigenvalue weighted by atomic mass is 16.2. The molecule has 34 heavy (non-hydrogen) atoms. The summed E-state index contributed by atoms with van der Waals surface area (Å²) in [4.78, 5) is 38.8. The van der Waals surface area contributed by atoms with E-state index in [9.17, 15) is 9.59 Å². The van der Waals surface area contributed by atoms with Crippen molar-refractivity contribution in [3.63, 3.8) is 0 Å². The molecular weight excluding hydrogens is 428 g/mol. The van der Waals surface area contributed by atoms with Crippen molar-refractivity contribution in [2.45, 2.75) is 105 Å². The van der Waals surface area contributed by atoms with Crippen LogP contribution in [0.1, 0.15) is 81.1 Å². The Morgan fingerprint density at radius 1 is 0.735 bits per heavy atom. The summed E-state index contributed by atoms with van der Waals surface area (Å²) >= 11 is 0. The number of hydrogen-bond donors (Lipinski definition) is 2. The van der Waals surface area contributed by atoms with Gasteiger partial charge >= 0.3 is 0 Å². The van der Waals surface area contributed by atoms with Crippen molar-refractivity contribution in [2.75, 3.05) is 13.1 Å². The van der Waals surface area contributed by atoms with Gasteiger partial charge in [-0.25, -0.2) is 0 Å². The molecule has 2 rings (SSSR count). The van der Waals surface area contributed by atoms with Crippen molar-refractivity contribution in [1.29, 1.82) is 0 Å². The molecule has 0 radical (unpaired) electrons. The van der Waals surface area contributed by atoms with E-state index in [1.54, 1.807) is 0 Å². The standard InChI is InChI=1S/C26H48N6O2/c1-15(2)9-23(33)31-13-17(5)11-21(31)25(27)29-19(7)20(8)30-26(28)22-12-18(6)14-32(22)24(34)10-16(3)4/h15-22H,9-14H2,1-8H3,(H2,27,29)(H2,28,30)/t17-,18-,19-,20?,21-,22-/m0/s1. The number of nitrogens with zero attached hydrogens (tertiary/aromatic N) is 4. The molecule has 2 aliphatic heterocycles. The zero-order valence-corrected chi connectivity index (χ0v) is 22.6. The van der Waals surface area contributed by atoms with E-state index in [4.69, 9.17) is 21.5 Å². The summed E-state index contributed by atoms with van der Waals surface area (Å²) in [5, 5.41) is 0. The van der Waals surface area contributed by atoms with Gasteiger partial charge in [-0.2, -0.15) is 0 Å². The molecule has 0 bridgehead atoms. The molecule has 2 amide bonds. The zero-order valence-electron chi connectivity index (χ0n) is 22.6.